The van der Waals surface area contributed by atoms with Gasteiger partial charge in [0.05, 0.1) is 12.0 Å². The fourth-order valence-corrected chi connectivity index (χ4v) is 6.25. The van der Waals surface area contributed by atoms with Gasteiger partial charge in [0.1, 0.15) is 0 Å². The third-order valence-corrected chi connectivity index (χ3v) is 9.34. The standard InChI is InChI=1S/C42H72O4/c1-3-5-7-9-11-13-15-17-18-19-21-23-25-27-32-36-40(43)39(42(45)46-37-41(44)38-33-29-28-30-34-38)35-31-26-24-22-20-16-14-12-10-8-6-4-2/h17-18,28-30,33-34,39-40,43H,3-16,19-27,31-32,35-37H2,1-2H3. The number of allylic oxidation sites excluding steroid dienone is 2. The first-order valence-electron chi connectivity index (χ1n) is 19.7. The minimum absolute atomic E-state index is 0.204. The summed E-state index contributed by atoms with van der Waals surface area (Å²) in [4.78, 5) is 25.6. The van der Waals surface area contributed by atoms with Crippen molar-refractivity contribution >= 4 is 11.8 Å². The number of rotatable bonds is 33. The van der Waals surface area contributed by atoms with Crippen molar-refractivity contribution in [3.05, 3.63) is 48.0 Å². The van der Waals surface area contributed by atoms with Crippen LogP contribution in [0.1, 0.15) is 198 Å². The Morgan fingerprint density at radius 2 is 1.00 bits per heavy atom. The number of ketones is 1. The van der Waals surface area contributed by atoms with Crippen molar-refractivity contribution in [3.8, 4) is 0 Å². The smallest absolute Gasteiger partial charge is 0.312 e. The van der Waals surface area contributed by atoms with Crippen LogP contribution in [0.3, 0.4) is 0 Å². The van der Waals surface area contributed by atoms with Gasteiger partial charge in [-0.15, -0.1) is 0 Å². The molecule has 0 aromatic heterocycles. The number of aliphatic hydroxyl groups excluding tert-OH is 1. The molecule has 46 heavy (non-hydrogen) atoms. The lowest BCUT2D eigenvalue weighted by Crippen LogP contribution is -2.31. The second-order valence-electron chi connectivity index (χ2n) is 13.6. The molecule has 1 aromatic carbocycles. The van der Waals surface area contributed by atoms with Gasteiger partial charge in [-0.2, -0.15) is 0 Å². The average molecular weight is 641 g/mol. The van der Waals surface area contributed by atoms with Gasteiger partial charge in [0.25, 0.3) is 0 Å². The summed E-state index contributed by atoms with van der Waals surface area (Å²) < 4.78 is 5.47. The van der Waals surface area contributed by atoms with Gasteiger partial charge in [-0.05, 0) is 38.5 Å². The molecule has 0 saturated carbocycles. The Balaban J connectivity index is 2.30. The SMILES string of the molecule is CCCCCCCCC=CCCCCCCCC(O)C(CCCCCCCCCCCCCC)C(=O)OCC(=O)c1ccccc1. The molecule has 1 N–H and O–H groups in total. The Morgan fingerprint density at radius 1 is 0.587 bits per heavy atom. The molecule has 264 valence electrons. The second kappa shape index (κ2) is 31.6. The lowest BCUT2D eigenvalue weighted by molar-refractivity contribution is -0.152. The molecule has 4 heteroatoms. The van der Waals surface area contributed by atoms with Crippen LogP contribution in [0, 0.1) is 5.92 Å². The van der Waals surface area contributed by atoms with E-state index in [9.17, 15) is 14.7 Å². The molecular formula is C42H72O4. The second-order valence-corrected chi connectivity index (χ2v) is 13.6. The van der Waals surface area contributed by atoms with Crippen LogP contribution in [0.25, 0.3) is 0 Å². The van der Waals surface area contributed by atoms with Crippen LogP contribution >= 0.6 is 0 Å². The molecule has 2 unspecified atom stereocenters. The molecular weight excluding hydrogens is 568 g/mol. The number of benzene rings is 1. The number of carbonyl (C=O) groups excluding carboxylic acids is 2. The zero-order valence-electron chi connectivity index (χ0n) is 30.2. The van der Waals surface area contributed by atoms with Crippen LogP contribution in [-0.2, 0) is 9.53 Å². The molecule has 2 atom stereocenters. The minimum atomic E-state index is -0.711. The first kappa shape index (κ1) is 42.1. The molecule has 1 rings (SSSR count). The topological polar surface area (TPSA) is 63.6 Å². The summed E-state index contributed by atoms with van der Waals surface area (Å²) in [7, 11) is 0. The number of unbranched alkanes of at least 4 members (excludes halogenated alkanes) is 22. The molecule has 0 fully saturated rings. The maximum absolute atomic E-state index is 13.1. The summed E-state index contributed by atoms with van der Waals surface area (Å²) >= 11 is 0. The summed E-state index contributed by atoms with van der Waals surface area (Å²) in [5, 5.41) is 11.0. The monoisotopic (exact) mass is 641 g/mol. The van der Waals surface area contributed by atoms with Crippen molar-refractivity contribution in [1.29, 1.82) is 0 Å². The third kappa shape index (κ3) is 24.3. The van der Waals surface area contributed by atoms with Gasteiger partial charge in [0.2, 0.25) is 0 Å². The molecule has 0 aliphatic heterocycles. The van der Waals surface area contributed by atoms with Gasteiger partial charge in [-0.3, -0.25) is 9.59 Å². The summed E-state index contributed by atoms with van der Waals surface area (Å²) in [5.41, 5.74) is 0.543. The number of hydrogen-bond acceptors (Lipinski definition) is 4. The highest BCUT2D eigenvalue weighted by Gasteiger charge is 2.28. The Labute approximate surface area is 284 Å². The van der Waals surface area contributed by atoms with Crippen molar-refractivity contribution in [1.82, 2.24) is 0 Å². The fraction of sp³-hybridized carbons (Fsp3) is 0.762. The fourth-order valence-electron chi connectivity index (χ4n) is 6.25. The van der Waals surface area contributed by atoms with E-state index >= 15 is 0 Å². The van der Waals surface area contributed by atoms with Gasteiger partial charge >= 0.3 is 5.97 Å². The van der Waals surface area contributed by atoms with Gasteiger partial charge in [-0.1, -0.05) is 191 Å². The molecule has 4 nitrogen and oxygen atoms in total. The first-order valence-corrected chi connectivity index (χ1v) is 19.7. The Morgan fingerprint density at radius 3 is 1.48 bits per heavy atom. The highest BCUT2D eigenvalue weighted by atomic mass is 16.5. The maximum atomic E-state index is 13.1. The molecule has 0 radical (unpaired) electrons. The van der Waals surface area contributed by atoms with E-state index < -0.39 is 18.0 Å². The van der Waals surface area contributed by atoms with Gasteiger partial charge in [0, 0.05) is 5.56 Å². The zero-order chi connectivity index (χ0) is 33.3. The van der Waals surface area contributed by atoms with E-state index in [1.807, 2.05) is 18.2 Å². The van der Waals surface area contributed by atoms with Crippen molar-refractivity contribution in [2.75, 3.05) is 6.61 Å². The van der Waals surface area contributed by atoms with Gasteiger partial charge < -0.3 is 9.84 Å². The summed E-state index contributed by atoms with van der Waals surface area (Å²) in [5.74, 6) is -1.18. The van der Waals surface area contributed by atoms with Crippen LogP contribution < -0.4 is 0 Å². The molecule has 1 aromatic rings. The van der Waals surface area contributed by atoms with Crippen molar-refractivity contribution in [2.45, 2.75) is 193 Å². The molecule has 0 aliphatic carbocycles. The number of esters is 1. The first-order chi connectivity index (χ1) is 22.6. The number of aliphatic hydroxyl groups is 1. The Hall–Kier alpha value is -1.94. The molecule has 0 spiro atoms. The van der Waals surface area contributed by atoms with E-state index in [4.69, 9.17) is 4.74 Å². The molecule has 0 saturated heterocycles. The van der Waals surface area contributed by atoms with E-state index in [0.717, 1.165) is 38.5 Å². The van der Waals surface area contributed by atoms with Crippen molar-refractivity contribution < 1.29 is 19.4 Å². The quantitative estimate of drug-likeness (QED) is 0.0359. The summed E-state index contributed by atoms with van der Waals surface area (Å²) in [6, 6.07) is 8.95. The molecule has 0 amide bonds. The van der Waals surface area contributed by atoms with Crippen molar-refractivity contribution in [3.63, 3.8) is 0 Å². The Bertz CT molecular complexity index is 848. The van der Waals surface area contributed by atoms with E-state index in [-0.39, 0.29) is 12.4 Å². The highest BCUT2D eigenvalue weighted by Crippen LogP contribution is 2.22. The van der Waals surface area contributed by atoms with Gasteiger partial charge in [0.15, 0.2) is 12.4 Å². The van der Waals surface area contributed by atoms with E-state index in [1.54, 1.807) is 12.1 Å². The highest BCUT2D eigenvalue weighted by molar-refractivity contribution is 5.97. The molecule has 0 aliphatic rings. The third-order valence-electron chi connectivity index (χ3n) is 9.34. The molecule has 0 bridgehead atoms. The predicted molar refractivity (Wildman–Crippen MR) is 196 cm³/mol. The lowest BCUT2D eigenvalue weighted by Gasteiger charge is -2.21. The van der Waals surface area contributed by atoms with Crippen LogP contribution in [0.4, 0.5) is 0 Å². The zero-order valence-corrected chi connectivity index (χ0v) is 30.2. The minimum Gasteiger partial charge on any atom is -0.457 e. The van der Waals surface area contributed by atoms with Crippen LogP contribution in [-0.4, -0.2) is 29.6 Å². The largest absolute Gasteiger partial charge is 0.457 e. The van der Waals surface area contributed by atoms with Crippen LogP contribution in [0.2, 0.25) is 0 Å². The van der Waals surface area contributed by atoms with Crippen molar-refractivity contribution in [2.24, 2.45) is 5.92 Å². The number of ether oxygens (including phenoxy) is 1. The predicted octanol–water partition coefficient (Wildman–Crippen LogP) is 12.5. The number of carbonyl (C=O) groups is 2. The number of Topliss-reactive ketones (excluding diaryl/α,β-unsaturated/α-hetero) is 1. The normalized spacial score (nSPS) is 12.8. The summed E-state index contributed by atoms with van der Waals surface area (Å²) in [6.07, 6.45) is 36.5. The van der Waals surface area contributed by atoms with E-state index in [1.165, 1.54) is 122 Å². The van der Waals surface area contributed by atoms with E-state index in [2.05, 4.69) is 26.0 Å². The van der Waals surface area contributed by atoms with Crippen LogP contribution in [0.15, 0.2) is 42.5 Å². The maximum Gasteiger partial charge on any atom is 0.312 e. The summed E-state index contributed by atoms with van der Waals surface area (Å²) in [6.45, 7) is 4.26. The lowest BCUT2D eigenvalue weighted by atomic mass is 9.91. The number of hydrogen-bond donors (Lipinski definition) is 1. The molecule has 0 heterocycles. The Kier molecular flexibility index (Phi) is 29.0. The van der Waals surface area contributed by atoms with Crippen LogP contribution in [0.5, 0.6) is 0 Å². The average Bonchev–Trinajstić information content (AvgIpc) is 3.07. The van der Waals surface area contributed by atoms with Gasteiger partial charge in [-0.25, -0.2) is 0 Å². The van der Waals surface area contributed by atoms with E-state index in [0.29, 0.717) is 18.4 Å².